The predicted molar refractivity (Wildman–Crippen MR) is 71.7 cm³/mol. The predicted octanol–water partition coefficient (Wildman–Crippen LogP) is 1.13. The number of carboxylic acid groups (broad SMARTS) is 1. The highest BCUT2D eigenvalue weighted by Gasteiger charge is 2.16. The van der Waals surface area contributed by atoms with Crippen LogP contribution in [0, 0.1) is 5.82 Å². The molecule has 3 N–H and O–H groups in total. The van der Waals surface area contributed by atoms with Crippen LogP contribution in [0.15, 0.2) is 18.2 Å². The van der Waals surface area contributed by atoms with E-state index in [9.17, 15) is 9.18 Å². The van der Waals surface area contributed by atoms with E-state index in [0.29, 0.717) is 30.9 Å². The molecule has 110 valence electrons. The molecule has 1 saturated heterocycles. The molecule has 0 spiro atoms. The van der Waals surface area contributed by atoms with Crippen LogP contribution < -0.4 is 5.73 Å². The van der Waals surface area contributed by atoms with Gasteiger partial charge in [-0.1, -0.05) is 12.1 Å². The summed E-state index contributed by atoms with van der Waals surface area (Å²) >= 11 is 0. The van der Waals surface area contributed by atoms with Gasteiger partial charge < -0.3 is 15.6 Å². The second-order valence-electron chi connectivity index (χ2n) is 4.94. The average molecular weight is 282 g/mol. The van der Waals surface area contributed by atoms with E-state index in [1.165, 1.54) is 6.07 Å². The first-order valence-corrected chi connectivity index (χ1v) is 6.62. The Hall–Kier alpha value is -1.50. The van der Waals surface area contributed by atoms with Crippen LogP contribution in [-0.2, 0) is 16.1 Å². The molecule has 20 heavy (non-hydrogen) atoms. The van der Waals surface area contributed by atoms with Gasteiger partial charge in [0.1, 0.15) is 5.82 Å². The SMILES string of the molecule is NC(CC(=O)O)c1ccc(CN2CCOCC2)c(F)c1. The number of halogens is 1. The Morgan fingerprint density at radius 2 is 2.15 bits per heavy atom. The summed E-state index contributed by atoms with van der Waals surface area (Å²) in [5, 5.41) is 8.69. The van der Waals surface area contributed by atoms with Gasteiger partial charge in [0.15, 0.2) is 0 Å². The maximum atomic E-state index is 14.0. The van der Waals surface area contributed by atoms with Crippen molar-refractivity contribution in [2.24, 2.45) is 5.73 Å². The van der Waals surface area contributed by atoms with Crippen LogP contribution in [0.5, 0.6) is 0 Å². The zero-order chi connectivity index (χ0) is 14.5. The molecular weight excluding hydrogens is 263 g/mol. The minimum absolute atomic E-state index is 0.206. The number of ether oxygens (including phenoxy) is 1. The molecule has 1 heterocycles. The normalized spacial score (nSPS) is 17.9. The summed E-state index contributed by atoms with van der Waals surface area (Å²) in [5.74, 6) is -1.33. The van der Waals surface area contributed by atoms with Gasteiger partial charge in [-0.2, -0.15) is 0 Å². The number of carboxylic acids is 1. The van der Waals surface area contributed by atoms with E-state index in [0.717, 1.165) is 13.1 Å². The third-order valence-corrected chi connectivity index (χ3v) is 3.40. The van der Waals surface area contributed by atoms with E-state index in [4.69, 9.17) is 15.6 Å². The van der Waals surface area contributed by atoms with Gasteiger partial charge in [0.2, 0.25) is 0 Å². The average Bonchev–Trinajstić information content (AvgIpc) is 2.41. The van der Waals surface area contributed by atoms with E-state index in [1.54, 1.807) is 12.1 Å². The first-order chi connectivity index (χ1) is 9.56. The topological polar surface area (TPSA) is 75.8 Å². The fourth-order valence-corrected chi connectivity index (χ4v) is 2.23. The number of nitrogens with two attached hydrogens (primary N) is 1. The van der Waals surface area contributed by atoms with E-state index in [-0.39, 0.29) is 12.2 Å². The fraction of sp³-hybridized carbons (Fsp3) is 0.500. The van der Waals surface area contributed by atoms with Crippen molar-refractivity contribution in [3.63, 3.8) is 0 Å². The third-order valence-electron chi connectivity index (χ3n) is 3.40. The molecule has 1 unspecified atom stereocenters. The van der Waals surface area contributed by atoms with Gasteiger partial charge in [-0.3, -0.25) is 9.69 Å². The number of rotatable bonds is 5. The molecular formula is C14H19FN2O3. The smallest absolute Gasteiger partial charge is 0.305 e. The number of benzene rings is 1. The Morgan fingerprint density at radius 1 is 1.45 bits per heavy atom. The lowest BCUT2D eigenvalue weighted by Gasteiger charge is -2.26. The van der Waals surface area contributed by atoms with Crippen molar-refractivity contribution >= 4 is 5.97 Å². The van der Waals surface area contributed by atoms with Crippen LogP contribution in [0.1, 0.15) is 23.6 Å². The molecule has 2 rings (SSSR count). The maximum Gasteiger partial charge on any atom is 0.305 e. The monoisotopic (exact) mass is 282 g/mol. The van der Waals surface area contributed by atoms with Crippen LogP contribution >= 0.6 is 0 Å². The maximum absolute atomic E-state index is 14.0. The second kappa shape index (κ2) is 6.78. The molecule has 0 saturated carbocycles. The molecule has 1 atom stereocenters. The number of nitrogens with zero attached hydrogens (tertiary/aromatic N) is 1. The first-order valence-electron chi connectivity index (χ1n) is 6.62. The molecule has 1 aliphatic rings. The van der Waals surface area contributed by atoms with Crippen LogP contribution in [0.3, 0.4) is 0 Å². The molecule has 0 aliphatic carbocycles. The molecule has 0 bridgehead atoms. The van der Waals surface area contributed by atoms with E-state index >= 15 is 0 Å². The summed E-state index contributed by atoms with van der Waals surface area (Å²) in [7, 11) is 0. The lowest BCUT2D eigenvalue weighted by Crippen LogP contribution is -2.35. The lowest BCUT2D eigenvalue weighted by molar-refractivity contribution is -0.137. The molecule has 0 aromatic heterocycles. The van der Waals surface area contributed by atoms with Gasteiger partial charge in [-0.15, -0.1) is 0 Å². The van der Waals surface area contributed by atoms with E-state index in [2.05, 4.69) is 4.90 Å². The van der Waals surface area contributed by atoms with Crippen molar-refractivity contribution in [2.45, 2.75) is 19.0 Å². The number of aliphatic carboxylic acids is 1. The van der Waals surface area contributed by atoms with Gasteiger partial charge >= 0.3 is 5.97 Å². The largest absolute Gasteiger partial charge is 0.481 e. The number of hydrogen-bond donors (Lipinski definition) is 2. The standard InChI is InChI=1S/C14H19FN2O3/c15-12-7-10(13(16)8-14(18)19)1-2-11(12)9-17-3-5-20-6-4-17/h1-2,7,13H,3-6,8-9,16H2,(H,18,19). The number of carbonyl (C=O) groups is 1. The molecule has 0 radical (unpaired) electrons. The fourth-order valence-electron chi connectivity index (χ4n) is 2.23. The van der Waals surface area contributed by atoms with Gasteiger partial charge in [0, 0.05) is 31.2 Å². The van der Waals surface area contributed by atoms with Crippen molar-refractivity contribution in [1.82, 2.24) is 4.90 Å². The Morgan fingerprint density at radius 3 is 2.75 bits per heavy atom. The number of morpholine rings is 1. The van der Waals surface area contributed by atoms with Gasteiger partial charge in [-0.05, 0) is 11.6 Å². The van der Waals surface area contributed by atoms with Crippen LogP contribution in [0.4, 0.5) is 4.39 Å². The summed E-state index contributed by atoms with van der Waals surface area (Å²) in [6.07, 6.45) is -0.206. The van der Waals surface area contributed by atoms with Crippen molar-refractivity contribution in [3.05, 3.63) is 35.1 Å². The molecule has 1 aromatic rings. The van der Waals surface area contributed by atoms with Gasteiger partial charge in [0.25, 0.3) is 0 Å². The van der Waals surface area contributed by atoms with Crippen molar-refractivity contribution in [1.29, 1.82) is 0 Å². The quantitative estimate of drug-likeness (QED) is 0.846. The van der Waals surface area contributed by atoms with Crippen molar-refractivity contribution in [2.75, 3.05) is 26.3 Å². The van der Waals surface area contributed by atoms with Crippen LogP contribution in [0.2, 0.25) is 0 Å². The minimum atomic E-state index is -0.990. The van der Waals surface area contributed by atoms with Crippen molar-refractivity contribution < 1.29 is 19.0 Å². The summed E-state index contributed by atoms with van der Waals surface area (Å²) in [4.78, 5) is 12.7. The van der Waals surface area contributed by atoms with E-state index in [1.807, 2.05) is 0 Å². The molecule has 1 aliphatic heterocycles. The minimum Gasteiger partial charge on any atom is -0.481 e. The Bertz CT molecular complexity index is 475. The summed E-state index contributed by atoms with van der Waals surface area (Å²) in [5.41, 5.74) is 6.83. The molecule has 0 amide bonds. The lowest BCUT2D eigenvalue weighted by atomic mass is 10.0. The third kappa shape index (κ3) is 4.00. The number of hydrogen-bond acceptors (Lipinski definition) is 4. The van der Waals surface area contributed by atoms with Gasteiger partial charge in [0.05, 0.1) is 19.6 Å². The summed E-state index contributed by atoms with van der Waals surface area (Å²) in [6.45, 7) is 3.45. The van der Waals surface area contributed by atoms with Crippen LogP contribution in [0.25, 0.3) is 0 Å². The molecule has 6 heteroatoms. The van der Waals surface area contributed by atoms with Crippen LogP contribution in [-0.4, -0.2) is 42.3 Å². The highest BCUT2D eigenvalue weighted by molar-refractivity contribution is 5.67. The van der Waals surface area contributed by atoms with Gasteiger partial charge in [-0.25, -0.2) is 4.39 Å². The zero-order valence-electron chi connectivity index (χ0n) is 11.2. The highest BCUT2D eigenvalue weighted by atomic mass is 19.1. The summed E-state index contributed by atoms with van der Waals surface area (Å²) in [6, 6.07) is 4.04. The molecule has 1 aromatic carbocycles. The Kier molecular flexibility index (Phi) is 5.05. The highest BCUT2D eigenvalue weighted by Crippen LogP contribution is 2.19. The molecule has 1 fully saturated rings. The zero-order valence-corrected chi connectivity index (χ0v) is 11.2. The summed E-state index contributed by atoms with van der Waals surface area (Å²) < 4.78 is 19.3. The van der Waals surface area contributed by atoms with Crippen molar-refractivity contribution in [3.8, 4) is 0 Å². The Labute approximate surface area is 117 Å². The Balaban J connectivity index is 2.03. The molecule has 5 nitrogen and oxygen atoms in total. The second-order valence-corrected chi connectivity index (χ2v) is 4.94. The van der Waals surface area contributed by atoms with E-state index < -0.39 is 12.0 Å². The first kappa shape index (κ1) is 14.9.